The minimum atomic E-state index is -0.264. The van der Waals surface area contributed by atoms with Gasteiger partial charge >= 0.3 is 5.97 Å². The third-order valence-corrected chi connectivity index (χ3v) is 2.96. The minimum absolute atomic E-state index is 0.143. The summed E-state index contributed by atoms with van der Waals surface area (Å²) in [6, 6.07) is 7.42. The van der Waals surface area contributed by atoms with Gasteiger partial charge in [0.2, 0.25) is 5.76 Å². The largest absolute Gasteiger partial charge is 0.489 e. The molecule has 0 amide bonds. The van der Waals surface area contributed by atoms with Gasteiger partial charge in [0.05, 0.1) is 19.1 Å². The summed E-state index contributed by atoms with van der Waals surface area (Å²) in [7, 11) is 1.36. The lowest BCUT2D eigenvalue weighted by atomic mass is 10.2. The number of ether oxygens (including phenoxy) is 2. The summed E-state index contributed by atoms with van der Waals surface area (Å²) in [4.78, 5) is 11.2. The van der Waals surface area contributed by atoms with Crippen molar-refractivity contribution < 1.29 is 18.7 Å². The van der Waals surface area contributed by atoms with Gasteiger partial charge < -0.3 is 19.6 Å². The second-order valence-corrected chi connectivity index (χ2v) is 4.59. The van der Waals surface area contributed by atoms with E-state index in [1.165, 1.54) is 7.11 Å². The number of hydrogen-bond donors (Lipinski definition) is 1. The highest BCUT2D eigenvalue weighted by Gasteiger charge is 2.17. The van der Waals surface area contributed by atoms with Gasteiger partial charge in [-0.2, -0.15) is 0 Å². The molecule has 0 aliphatic carbocycles. The van der Waals surface area contributed by atoms with Gasteiger partial charge in [-0.15, -0.1) is 0 Å². The van der Waals surface area contributed by atoms with Crippen molar-refractivity contribution in [3.63, 3.8) is 0 Å². The molecular weight excluding hydrogens is 278 g/mol. The first-order chi connectivity index (χ1) is 9.63. The molecular formula is C14H15NO4S. The zero-order valence-electron chi connectivity index (χ0n) is 11.0. The molecule has 0 saturated carbocycles. The average Bonchev–Trinajstić information content (AvgIpc) is 2.82. The maximum atomic E-state index is 11.0. The fraction of sp³-hybridized carbons (Fsp3) is 0.286. The maximum Gasteiger partial charge on any atom is 0.305 e. The minimum Gasteiger partial charge on any atom is -0.489 e. The highest BCUT2D eigenvalue weighted by molar-refractivity contribution is 7.80. The summed E-state index contributed by atoms with van der Waals surface area (Å²) in [5.74, 6) is 0.623. The predicted octanol–water partition coefficient (Wildman–Crippen LogP) is 2.40. The van der Waals surface area contributed by atoms with E-state index >= 15 is 0 Å². The molecule has 1 heterocycles. The summed E-state index contributed by atoms with van der Waals surface area (Å²) < 4.78 is 15.8. The number of para-hydroxylation sites is 1. The van der Waals surface area contributed by atoms with E-state index in [1.54, 1.807) is 0 Å². The van der Waals surface area contributed by atoms with Crippen LogP contribution in [0.15, 0.2) is 28.7 Å². The summed E-state index contributed by atoms with van der Waals surface area (Å²) in [5, 5.41) is 0.813. The van der Waals surface area contributed by atoms with Crippen molar-refractivity contribution >= 4 is 34.1 Å². The Kier molecular flexibility index (Phi) is 4.57. The van der Waals surface area contributed by atoms with Crippen LogP contribution in [0, 0.1) is 0 Å². The standard InChI is InChI=1S/C14H15NO4S/c1-17-11(16)7-4-8-18-12-9-5-2-3-6-10(9)19-13(12)14(15)20/h2-3,5-6H,4,7-8H2,1H3,(H2,15,20). The number of fused-ring (bicyclic) bond motifs is 1. The van der Waals surface area contributed by atoms with E-state index in [4.69, 9.17) is 27.1 Å². The second kappa shape index (κ2) is 6.38. The van der Waals surface area contributed by atoms with Crippen LogP contribution in [0.3, 0.4) is 0 Å². The van der Waals surface area contributed by atoms with E-state index in [2.05, 4.69) is 4.74 Å². The first kappa shape index (κ1) is 14.3. The molecule has 0 spiro atoms. The Morgan fingerprint density at radius 3 is 2.85 bits per heavy atom. The van der Waals surface area contributed by atoms with Gasteiger partial charge in [0.25, 0.3) is 0 Å². The van der Waals surface area contributed by atoms with E-state index < -0.39 is 0 Å². The Morgan fingerprint density at radius 1 is 1.40 bits per heavy atom. The second-order valence-electron chi connectivity index (χ2n) is 4.15. The van der Waals surface area contributed by atoms with E-state index in [9.17, 15) is 4.79 Å². The number of benzene rings is 1. The Bertz CT molecular complexity index is 635. The fourth-order valence-electron chi connectivity index (χ4n) is 1.82. The fourth-order valence-corrected chi connectivity index (χ4v) is 1.95. The van der Waals surface area contributed by atoms with Crippen molar-refractivity contribution in [1.29, 1.82) is 0 Å². The van der Waals surface area contributed by atoms with Crippen molar-refractivity contribution in [2.45, 2.75) is 12.8 Å². The van der Waals surface area contributed by atoms with Crippen LogP contribution < -0.4 is 10.5 Å². The van der Waals surface area contributed by atoms with Crippen molar-refractivity contribution in [2.24, 2.45) is 5.73 Å². The van der Waals surface area contributed by atoms with Crippen LogP contribution in [-0.2, 0) is 9.53 Å². The van der Waals surface area contributed by atoms with Crippen LogP contribution in [0.25, 0.3) is 11.0 Å². The molecule has 0 radical (unpaired) electrons. The maximum absolute atomic E-state index is 11.0. The molecule has 0 bridgehead atoms. The van der Waals surface area contributed by atoms with E-state index in [1.807, 2.05) is 24.3 Å². The van der Waals surface area contributed by atoms with E-state index in [0.717, 1.165) is 5.39 Å². The predicted molar refractivity (Wildman–Crippen MR) is 78.8 cm³/mol. The normalized spacial score (nSPS) is 10.4. The molecule has 2 rings (SSSR count). The number of rotatable bonds is 6. The van der Waals surface area contributed by atoms with Crippen LogP contribution in [0.4, 0.5) is 0 Å². The number of hydrogen-bond acceptors (Lipinski definition) is 5. The number of thiocarbonyl (C=S) groups is 1. The zero-order chi connectivity index (χ0) is 14.5. The molecule has 106 valence electrons. The van der Waals surface area contributed by atoms with Crippen molar-refractivity contribution in [3.05, 3.63) is 30.0 Å². The SMILES string of the molecule is COC(=O)CCCOc1c(C(N)=S)oc2ccccc12. The lowest BCUT2D eigenvalue weighted by molar-refractivity contribution is -0.140. The highest BCUT2D eigenvalue weighted by atomic mass is 32.1. The number of nitrogens with two attached hydrogens (primary N) is 1. The van der Waals surface area contributed by atoms with Gasteiger partial charge in [-0.1, -0.05) is 24.4 Å². The topological polar surface area (TPSA) is 74.7 Å². The van der Waals surface area contributed by atoms with Crippen LogP contribution in [0.5, 0.6) is 5.75 Å². The Balaban J connectivity index is 2.13. The first-order valence-corrected chi connectivity index (χ1v) is 6.55. The number of carbonyl (C=O) groups is 1. The molecule has 5 nitrogen and oxygen atoms in total. The lowest BCUT2D eigenvalue weighted by Crippen LogP contribution is -2.11. The molecule has 0 aliphatic rings. The third kappa shape index (κ3) is 3.08. The lowest BCUT2D eigenvalue weighted by Gasteiger charge is -2.05. The monoisotopic (exact) mass is 293 g/mol. The molecule has 0 atom stereocenters. The van der Waals surface area contributed by atoms with E-state index in [-0.39, 0.29) is 11.0 Å². The number of furan rings is 1. The molecule has 0 fully saturated rings. The molecule has 0 aliphatic heterocycles. The van der Waals surface area contributed by atoms with Gasteiger partial charge in [-0.05, 0) is 18.6 Å². The smallest absolute Gasteiger partial charge is 0.305 e. The number of methoxy groups -OCH3 is 1. The number of esters is 1. The van der Waals surface area contributed by atoms with Gasteiger partial charge in [0.1, 0.15) is 10.6 Å². The molecule has 0 saturated heterocycles. The number of carbonyl (C=O) groups excluding carboxylic acids is 1. The Morgan fingerprint density at radius 2 is 2.15 bits per heavy atom. The molecule has 1 aromatic carbocycles. The summed E-state index contributed by atoms with van der Waals surface area (Å²) in [6.45, 7) is 0.355. The van der Waals surface area contributed by atoms with Crippen molar-refractivity contribution in [1.82, 2.24) is 0 Å². The first-order valence-electron chi connectivity index (χ1n) is 6.14. The van der Waals surface area contributed by atoms with Crippen LogP contribution in [0.1, 0.15) is 18.6 Å². The third-order valence-electron chi connectivity index (χ3n) is 2.77. The summed E-state index contributed by atoms with van der Waals surface area (Å²) in [5.41, 5.74) is 6.30. The Labute approximate surface area is 121 Å². The Hall–Kier alpha value is -2.08. The highest BCUT2D eigenvalue weighted by Crippen LogP contribution is 2.33. The quantitative estimate of drug-likeness (QED) is 0.501. The van der Waals surface area contributed by atoms with Gasteiger partial charge in [0, 0.05) is 6.42 Å². The van der Waals surface area contributed by atoms with E-state index in [0.29, 0.717) is 36.5 Å². The molecule has 2 N–H and O–H groups in total. The van der Waals surface area contributed by atoms with Gasteiger partial charge in [-0.3, -0.25) is 4.79 Å². The van der Waals surface area contributed by atoms with Crippen LogP contribution >= 0.6 is 12.2 Å². The molecule has 20 heavy (non-hydrogen) atoms. The van der Waals surface area contributed by atoms with Gasteiger partial charge in [-0.25, -0.2) is 0 Å². The summed E-state index contributed by atoms with van der Waals surface area (Å²) >= 11 is 4.96. The molecule has 0 unspecified atom stereocenters. The zero-order valence-corrected chi connectivity index (χ0v) is 11.9. The molecule has 6 heteroatoms. The van der Waals surface area contributed by atoms with Crippen molar-refractivity contribution in [3.8, 4) is 5.75 Å². The van der Waals surface area contributed by atoms with Gasteiger partial charge in [0.15, 0.2) is 5.75 Å². The molecule has 1 aromatic heterocycles. The average molecular weight is 293 g/mol. The summed E-state index contributed by atoms with van der Waals surface area (Å²) in [6.07, 6.45) is 0.845. The van der Waals surface area contributed by atoms with Crippen LogP contribution in [0.2, 0.25) is 0 Å². The molecule has 2 aromatic rings. The van der Waals surface area contributed by atoms with Crippen LogP contribution in [-0.4, -0.2) is 24.7 Å². The van der Waals surface area contributed by atoms with Crippen molar-refractivity contribution in [2.75, 3.05) is 13.7 Å².